The molecule has 38 heavy (non-hydrogen) atoms. The number of anilines is 1. The topological polar surface area (TPSA) is 114 Å². The molecule has 1 aliphatic heterocycles. The molecule has 2 aromatic rings. The van der Waals surface area contributed by atoms with Gasteiger partial charge in [0.2, 0.25) is 21.8 Å². The lowest BCUT2D eigenvalue weighted by molar-refractivity contribution is -0.140. The van der Waals surface area contributed by atoms with Crippen LogP contribution in [0, 0.1) is 0 Å². The van der Waals surface area contributed by atoms with Crippen LogP contribution >= 0.6 is 0 Å². The first-order valence-electron chi connectivity index (χ1n) is 12.7. The quantitative estimate of drug-likeness (QED) is 0.435. The highest BCUT2D eigenvalue weighted by molar-refractivity contribution is 7.92. The lowest BCUT2D eigenvalue weighted by Crippen LogP contribution is -2.53. The molecule has 3 rings (SSSR count). The van der Waals surface area contributed by atoms with E-state index < -0.39 is 28.5 Å². The van der Waals surface area contributed by atoms with Gasteiger partial charge in [0, 0.05) is 18.7 Å². The van der Waals surface area contributed by atoms with E-state index in [1.165, 1.54) is 4.90 Å². The number of hydrogen-bond donors (Lipinski definition) is 1. The third-order valence-electron chi connectivity index (χ3n) is 6.37. The van der Waals surface area contributed by atoms with E-state index in [1.807, 2.05) is 26.8 Å². The molecule has 2 unspecified atom stereocenters. The van der Waals surface area contributed by atoms with Gasteiger partial charge in [-0.3, -0.25) is 13.9 Å². The standard InChI is InChI=1S/C27H37N3O7S/c1-6-19(3)28-27(32)23(7-2)29(17-20-9-8-10-22(15-20)35-4)26(31)18-30(38(5,33)34)21-11-12-24-25(16-21)37-14-13-36-24/h8-12,15-16,19,23H,6-7,13-14,17-18H2,1-5H3,(H,28,32). The Morgan fingerprint density at radius 1 is 1.05 bits per heavy atom. The summed E-state index contributed by atoms with van der Waals surface area (Å²) >= 11 is 0. The van der Waals surface area contributed by atoms with E-state index in [4.69, 9.17) is 14.2 Å². The van der Waals surface area contributed by atoms with Gasteiger partial charge < -0.3 is 24.4 Å². The summed E-state index contributed by atoms with van der Waals surface area (Å²) in [6.45, 7) is 6.02. The van der Waals surface area contributed by atoms with Crippen LogP contribution in [0.5, 0.6) is 17.2 Å². The van der Waals surface area contributed by atoms with E-state index in [2.05, 4.69) is 5.32 Å². The summed E-state index contributed by atoms with van der Waals surface area (Å²) in [5.41, 5.74) is 1.02. The monoisotopic (exact) mass is 547 g/mol. The molecule has 2 atom stereocenters. The summed E-state index contributed by atoms with van der Waals surface area (Å²) in [5.74, 6) is 0.721. The van der Waals surface area contributed by atoms with Crippen molar-refractivity contribution in [1.29, 1.82) is 0 Å². The van der Waals surface area contributed by atoms with E-state index in [9.17, 15) is 18.0 Å². The minimum Gasteiger partial charge on any atom is -0.497 e. The van der Waals surface area contributed by atoms with Crippen LogP contribution in [0.2, 0.25) is 0 Å². The number of methoxy groups -OCH3 is 1. The average molecular weight is 548 g/mol. The Bertz CT molecular complexity index is 1230. The van der Waals surface area contributed by atoms with Crippen LogP contribution in [0.25, 0.3) is 0 Å². The third kappa shape index (κ3) is 7.31. The van der Waals surface area contributed by atoms with E-state index in [0.29, 0.717) is 36.9 Å². The number of ether oxygens (including phenoxy) is 3. The third-order valence-corrected chi connectivity index (χ3v) is 7.51. The molecule has 2 aromatic carbocycles. The second kappa shape index (κ2) is 12.9. The SMILES string of the molecule is CCC(C)NC(=O)C(CC)N(Cc1cccc(OC)c1)C(=O)CN(c1ccc2c(c1)OCCO2)S(C)(=O)=O. The van der Waals surface area contributed by atoms with Crippen molar-refractivity contribution >= 4 is 27.5 Å². The maximum Gasteiger partial charge on any atom is 0.244 e. The molecular formula is C27H37N3O7S. The fraction of sp³-hybridized carbons (Fsp3) is 0.481. The van der Waals surface area contributed by atoms with Crippen molar-refractivity contribution in [3.8, 4) is 17.2 Å². The van der Waals surface area contributed by atoms with Gasteiger partial charge in [-0.15, -0.1) is 0 Å². The zero-order valence-electron chi connectivity index (χ0n) is 22.6. The summed E-state index contributed by atoms with van der Waals surface area (Å²) in [7, 11) is -2.31. The van der Waals surface area contributed by atoms with Gasteiger partial charge in [-0.1, -0.05) is 26.0 Å². The lowest BCUT2D eigenvalue weighted by atomic mass is 10.1. The van der Waals surface area contributed by atoms with E-state index in [0.717, 1.165) is 22.5 Å². The Hall–Kier alpha value is -3.47. The predicted octanol–water partition coefficient (Wildman–Crippen LogP) is 2.95. The van der Waals surface area contributed by atoms with Crippen molar-refractivity contribution < 1.29 is 32.2 Å². The van der Waals surface area contributed by atoms with E-state index in [1.54, 1.807) is 43.5 Å². The van der Waals surface area contributed by atoms with E-state index >= 15 is 0 Å². The number of hydrogen-bond acceptors (Lipinski definition) is 7. The maximum absolute atomic E-state index is 13.8. The fourth-order valence-corrected chi connectivity index (χ4v) is 4.97. The highest BCUT2D eigenvalue weighted by atomic mass is 32.2. The van der Waals surface area contributed by atoms with Crippen LogP contribution in [0.1, 0.15) is 39.2 Å². The summed E-state index contributed by atoms with van der Waals surface area (Å²) in [6, 6.07) is 11.1. The van der Waals surface area contributed by atoms with Crippen molar-refractivity contribution in [2.45, 2.75) is 52.2 Å². The molecule has 0 aliphatic carbocycles. The van der Waals surface area contributed by atoms with Crippen LogP contribution in [0.4, 0.5) is 5.69 Å². The number of carbonyl (C=O) groups is 2. The van der Waals surface area contributed by atoms with E-state index in [-0.39, 0.29) is 24.2 Å². The highest BCUT2D eigenvalue weighted by Crippen LogP contribution is 2.34. The van der Waals surface area contributed by atoms with Gasteiger partial charge in [0.05, 0.1) is 19.1 Å². The Morgan fingerprint density at radius 2 is 1.76 bits per heavy atom. The number of sulfonamides is 1. The molecule has 0 saturated heterocycles. The Labute approximate surface area is 224 Å². The number of nitrogens with zero attached hydrogens (tertiary/aromatic N) is 2. The van der Waals surface area contributed by atoms with Gasteiger partial charge in [-0.2, -0.15) is 0 Å². The second-order valence-corrected chi connectivity index (χ2v) is 11.1. The number of carbonyl (C=O) groups excluding carboxylic acids is 2. The van der Waals surface area contributed by atoms with Crippen molar-refractivity contribution in [2.75, 3.05) is 37.4 Å². The van der Waals surface area contributed by atoms with Gasteiger partial charge in [-0.05, 0) is 49.6 Å². The first kappa shape index (κ1) is 29.1. The fourth-order valence-electron chi connectivity index (χ4n) is 4.13. The van der Waals surface area contributed by atoms with Crippen molar-refractivity contribution in [2.24, 2.45) is 0 Å². The minimum atomic E-state index is -3.86. The van der Waals surface area contributed by atoms with Crippen LogP contribution < -0.4 is 23.8 Å². The van der Waals surface area contributed by atoms with Crippen molar-refractivity contribution in [3.63, 3.8) is 0 Å². The molecule has 0 bridgehead atoms. The zero-order valence-corrected chi connectivity index (χ0v) is 23.4. The molecule has 0 fully saturated rings. The van der Waals surface area contributed by atoms with Crippen LogP contribution in [-0.2, 0) is 26.2 Å². The second-order valence-electron chi connectivity index (χ2n) is 9.21. The normalized spacial score (nSPS) is 14.2. The van der Waals surface area contributed by atoms with Gasteiger partial charge in [0.1, 0.15) is 31.5 Å². The maximum atomic E-state index is 13.8. The molecule has 0 saturated carbocycles. The van der Waals surface area contributed by atoms with Crippen LogP contribution in [-0.4, -0.2) is 70.3 Å². The minimum absolute atomic E-state index is 0.0736. The largest absolute Gasteiger partial charge is 0.497 e. The van der Waals surface area contributed by atoms with Crippen molar-refractivity contribution in [1.82, 2.24) is 10.2 Å². The summed E-state index contributed by atoms with van der Waals surface area (Å²) in [6.07, 6.45) is 2.12. The highest BCUT2D eigenvalue weighted by Gasteiger charge is 2.32. The van der Waals surface area contributed by atoms with Crippen molar-refractivity contribution in [3.05, 3.63) is 48.0 Å². The molecule has 10 nitrogen and oxygen atoms in total. The van der Waals surface area contributed by atoms with Gasteiger partial charge in [0.15, 0.2) is 11.5 Å². The molecule has 2 amide bonds. The Kier molecular flexibility index (Phi) is 9.84. The number of nitrogens with one attached hydrogen (secondary N) is 1. The molecule has 1 N–H and O–H groups in total. The molecule has 1 heterocycles. The first-order chi connectivity index (χ1) is 18.1. The summed E-state index contributed by atoms with van der Waals surface area (Å²) in [5, 5.41) is 2.95. The number of amides is 2. The van der Waals surface area contributed by atoms with Gasteiger partial charge in [0.25, 0.3) is 0 Å². The molecule has 11 heteroatoms. The predicted molar refractivity (Wildman–Crippen MR) is 145 cm³/mol. The lowest BCUT2D eigenvalue weighted by Gasteiger charge is -2.33. The summed E-state index contributed by atoms with van der Waals surface area (Å²) in [4.78, 5) is 28.5. The first-order valence-corrected chi connectivity index (χ1v) is 14.5. The van der Waals surface area contributed by atoms with Gasteiger partial charge in [-0.25, -0.2) is 8.42 Å². The Morgan fingerprint density at radius 3 is 2.39 bits per heavy atom. The smallest absolute Gasteiger partial charge is 0.244 e. The van der Waals surface area contributed by atoms with Gasteiger partial charge >= 0.3 is 0 Å². The van der Waals surface area contributed by atoms with Crippen LogP contribution in [0.3, 0.4) is 0 Å². The molecular weight excluding hydrogens is 510 g/mol. The average Bonchev–Trinajstić information content (AvgIpc) is 2.90. The molecule has 0 spiro atoms. The number of benzene rings is 2. The molecule has 0 radical (unpaired) electrons. The van der Waals surface area contributed by atoms with Crippen LogP contribution in [0.15, 0.2) is 42.5 Å². The Balaban J connectivity index is 1.96. The molecule has 0 aromatic heterocycles. The molecule has 1 aliphatic rings. The zero-order chi connectivity index (χ0) is 27.9. The molecule has 208 valence electrons. The number of rotatable bonds is 12. The summed E-state index contributed by atoms with van der Waals surface area (Å²) < 4.78 is 43.2. The number of fused-ring (bicyclic) bond motifs is 1.